The lowest BCUT2D eigenvalue weighted by Gasteiger charge is -2.27. The van der Waals surface area contributed by atoms with Crippen LogP contribution in [0.25, 0.3) is 11.1 Å². The monoisotopic (exact) mass is 375 g/mol. The lowest BCUT2D eigenvalue weighted by atomic mass is 9.82. The zero-order valence-electron chi connectivity index (χ0n) is 16.3. The number of esters is 1. The Hall–Kier alpha value is -3.11. The fourth-order valence-electron chi connectivity index (χ4n) is 3.08. The number of aliphatic hydroxyl groups is 1. The van der Waals surface area contributed by atoms with Crippen molar-refractivity contribution in [3.63, 3.8) is 0 Å². The van der Waals surface area contributed by atoms with Gasteiger partial charge in [-0.25, -0.2) is 0 Å². The molecule has 28 heavy (non-hydrogen) atoms. The van der Waals surface area contributed by atoms with E-state index in [0.717, 1.165) is 16.9 Å². The van der Waals surface area contributed by atoms with Gasteiger partial charge in [-0.2, -0.15) is 0 Å². The summed E-state index contributed by atoms with van der Waals surface area (Å²) in [7, 11) is 1.33. The topological polar surface area (TPSA) is 58.6 Å². The van der Waals surface area contributed by atoms with Crippen molar-refractivity contribution in [2.75, 3.05) is 12.4 Å². The summed E-state index contributed by atoms with van der Waals surface area (Å²) in [6.45, 7) is 3.34. The van der Waals surface area contributed by atoms with Crippen molar-refractivity contribution >= 4 is 17.3 Å². The maximum absolute atomic E-state index is 11.9. The highest BCUT2D eigenvalue weighted by Crippen LogP contribution is 2.35. The molecule has 0 saturated carbocycles. The average Bonchev–Trinajstić information content (AvgIpc) is 2.74. The number of nitrogens with one attached hydrogen (secondary N) is 1. The van der Waals surface area contributed by atoms with Gasteiger partial charge in [-0.05, 0) is 54.8 Å². The third-order valence-electron chi connectivity index (χ3n) is 4.90. The van der Waals surface area contributed by atoms with Gasteiger partial charge in [0.25, 0.3) is 0 Å². The van der Waals surface area contributed by atoms with E-state index in [1.54, 1.807) is 13.8 Å². The Kier molecular flexibility index (Phi) is 5.81. The molecule has 0 heterocycles. The molecule has 3 aromatic carbocycles. The van der Waals surface area contributed by atoms with Gasteiger partial charge in [0.2, 0.25) is 0 Å². The van der Waals surface area contributed by atoms with E-state index >= 15 is 0 Å². The van der Waals surface area contributed by atoms with E-state index in [-0.39, 0.29) is 0 Å². The third-order valence-corrected chi connectivity index (χ3v) is 4.90. The molecule has 0 spiro atoms. The first-order chi connectivity index (χ1) is 13.4. The second-order valence-electron chi connectivity index (χ2n) is 7.31. The van der Waals surface area contributed by atoms with Crippen LogP contribution in [0, 0.1) is 5.41 Å². The molecule has 1 unspecified atom stereocenters. The van der Waals surface area contributed by atoms with Crippen LogP contribution in [0.15, 0.2) is 78.9 Å². The van der Waals surface area contributed by atoms with Crippen LogP contribution < -0.4 is 5.32 Å². The van der Waals surface area contributed by atoms with Gasteiger partial charge in [0.15, 0.2) is 0 Å². The van der Waals surface area contributed by atoms with Crippen molar-refractivity contribution in [1.82, 2.24) is 0 Å². The number of anilines is 2. The fraction of sp³-hybridized carbons (Fsp3) is 0.208. The molecular formula is C24H25NO3. The summed E-state index contributed by atoms with van der Waals surface area (Å²) >= 11 is 0. The van der Waals surface area contributed by atoms with Crippen molar-refractivity contribution < 1.29 is 14.6 Å². The Bertz CT molecular complexity index is 916. The summed E-state index contributed by atoms with van der Waals surface area (Å²) in [6, 6.07) is 25.9. The first-order valence-electron chi connectivity index (χ1n) is 9.21. The molecule has 0 bridgehead atoms. The quantitative estimate of drug-likeness (QED) is 0.572. The standard InChI is InChI=1S/C24H25NO3/c1-24(2,23(27)28-3)22(26)19-11-15-21(16-12-19)25-20-13-9-18(10-14-20)17-7-5-4-6-8-17/h4-16,22,25-26H,1-3H3. The number of carbonyl (C=O) groups excluding carboxylic acids is 1. The normalized spacial score (nSPS) is 12.3. The number of benzene rings is 3. The highest BCUT2D eigenvalue weighted by Gasteiger charge is 2.37. The minimum absolute atomic E-state index is 0.444. The van der Waals surface area contributed by atoms with Crippen molar-refractivity contribution in [1.29, 1.82) is 0 Å². The Balaban J connectivity index is 1.70. The molecule has 0 radical (unpaired) electrons. The van der Waals surface area contributed by atoms with Gasteiger partial charge in [0.05, 0.1) is 18.6 Å². The van der Waals surface area contributed by atoms with Crippen molar-refractivity contribution in [3.05, 3.63) is 84.4 Å². The molecule has 1 atom stereocenters. The molecule has 4 nitrogen and oxygen atoms in total. The zero-order chi connectivity index (χ0) is 20.1. The Morgan fingerprint density at radius 3 is 1.89 bits per heavy atom. The van der Waals surface area contributed by atoms with Gasteiger partial charge in [0, 0.05) is 11.4 Å². The van der Waals surface area contributed by atoms with Crippen LogP contribution in [0.2, 0.25) is 0 Å². The van der Waals surface area contributed by atoms with Crippen LogP contribution in [0.1, 0.15) is 25.5 Å². The zero-order valence-corrected chi connectivity index (χ0v) is 16.3. The molecule has 0 aromatic heterocycles. The van der Waals surface area contributed by atoms with Crippen LogP contribution in [-0.2, 0) is 9.53 Å². The highest BCUT2D eigenvalue weighted by atomic mass is 16.5. The Morgan fingerprint density at radius 2 is 1.36 bits per heavy atom. The second kappa shape index (κ2) is 8.28. The van der Waals surface area contributed by atoms with Crippen LogP contribution in [-0.4, -0.2) is 18.2 Å². The predicted molar refractivity (Wildman–Crippen MR) is 112 cm³/mol. The molecule has 0 amide bonds. The summed E-state index contributed by atoms with van der Waals surface area (Å²) in [6.07, 6.45) is -0.945. The van der Waals surface area contributed by atoms with Crippen LogP contribution >= 0.6 is 0 Å². The minimum Gasteiger partial charge on any atom is -0.469 e. The maximum Gasteiger partial charge on any atom is 0.314 e. The summed E-state index contributed by atoms with van der Waals surface area (Å²) in [5.41, 5.74) is 3.87. The Labute approximate surface area is 165 Å². The predicted octanol–water partition coefficient (Wildman–Crippen LogP) is 5.33. The SMILES string of the molecule is COC(=O)C(C)(C)C(O)c1ccc(Nc2ccc(-c3ccccc3)cc2)cc1. The van der Waals surface area contributed by atoms with E-state index in [9.17, 15) is 9.90 Å². The number of methoxy groups -OCH3 is 1. The van der Waals surface area contributed by atoms with Gasteiger partial charge in [0.1, 0.15) is 0 Å². The molecule has 0 saturated heterocycles. The molecule has 0 aliphatic heterocycles. The van der Waals surface area contributed by atoms with Crippen molar-refractivity contribution in [2.24, 2.45) is 5.41 Å². The number of ether oxygens (including phenoxy) is 1. The summed E-state index contributed by atoms with van der Waals surface area (Å²) in [4.78, 5) is 11.9. The van der Waals surface area contributed by atoms with Crippen LogP contribution in [0.3, 0.4) is 0 Å². The molecule has 0 aliphatic carbocycles. The largest absolute Gasteiger partial charge is 0.469 e. The van der Waals surface area contributed by atoms with E-state index in [0.29, 0.717) is 5.56 Å². The van der Waals surface area contributed by atoms with E-state index < -0.39 is 17.5 Å². The molecule has 3 aromatic rings. The van der Waals surface area contributed by atoms with Crippen molar-refractivity contribution in [2.45, 2.75) is 20.0 Å². The highest BCUT2D eigenvalue weighted by molar-refractivity contribution is 5.77. The number of aliphatic hydroxyl groups excluding tert-OH is 1. The number of hydrogen-bond acceptors (Lipinski definition) is 4. The summed E-state index contributed by atoms with van der Waals surface area (Å²) in [5.74, 6) is -0.444. The van der Waals surface area contributed by atoms with Gasteiger partial charge in [-0.3, -0.25) is 4.79 Å². The number of rotatable bonds is 6. The molecule has 3 rings (SSSR count). The molecule has 0 fully saturated rings. The number of carbonyl (C=O) groups is 1. The van der Waals surface area contributed by atoms with Crippen LogP contribution in [0.4, 0.5) is 11.4 Å². The van der Waals surface area contributed by atoms with E-state index in [2.05, 4.69) is 29.6 Å². The van der Waals surface area contributed by atoms with Crippen molar-refractivity contribution in [3.8, 4) is 11.1 Å². The number of hydrogen-bond donors (Lipinski definition) is 2. The van der Waals surface area contributed by atoms with Gasteiger partial charge in [-0.1, -0.05) is 54.6 Å². The third kappa shape index (κ3) is 4.24. The summed E-state index contributed by atoms with van der Waals surface area (Å²) < 4.78 is 4.79. The van der Waals surface area contributed by atoms with E-state index in [1.165, 1.54) is 12.7 Å². The van der Waals surface area contributed by atoms with Gasteiger partial charge >= 0.3 is 5.97 Å². The molecular weight excluding hydrogens is 350 g/mol. The Morgan fingerprint density at radius 1 is 0.857 bits per heavy atom. The molecule has 2 N–H and O–H groups in total. The van der Waals surface area contributed by atoms with E-state index in [4.69, 9.17) is 4.74 Å². The average molecular weight is 375 g/mol. The first-order valence-corrected chi connectivity index (χ1v) is 9.21. The van der Waals surface area contributed by atoms with Gasteiger partial charge < -0.3 is 15.2 Å². The molecule has 0 aliphatic rings. The minimum atomic E-state index is -1.02. The molecule has 4 heteroatoms. The fourth-order valence-corrected chi connectivity index (χ4v) is 3.08. The lowest BCUT2D eigenvalue weighted by Crippen LogP contribution is -2.32. The van der Waals surface area contributed by atoms with E-state index in [1.807, 2.05) is 54.6 Å². The van der Waals surface area contributed by atoms with Crippen LogP contribution in [0.5, 0.6) is 0 Å². The lowest BCUT2D eigenvalue weighted by molar-refractivity contribution is -0.157. The first kappa shape index (κ1) is 19.6. The molecule has 144 valence electrons. The smallest absolute Gasteiger partial charge is 0.314 e. The van der Waals surface area contributed by atoms with Gasteiger partial charge in [-0.15, -0.1) is 0 Å². The second-order valence-corrected chi connectivity index (χ2v) is 7.31. The summed E-state index contributed by atoms with van der Waals surface area (Å²) in [5, 5.41) is 13.9. The maximum atomic E-state index is 11.9.